The van der Waals surface area contributed by atoms with Crippen LogP contribution >= 0.6 is 0 Å². The van der Waals surface area contributed by atoms with Gasteiger partial charge in [-0.05, 0) is 31.7 Å². The van der Waals surface area contributed by atoms with Gasteiger partial charge in [-0.3, -0.25) is 4.79 Å². The van der Waals surface area contributed by atoms with Crippen molar-refractivity contribution in [2.24, 2.45) is 5.73 Å². The van der Waals surface area contributed by atoms with Crippen molar-refractivity contribution in [3.63, 3.8) is 0 Å². The highest BCUT2D eigenvalue weighted by molar-refractivity contribution is 5.82. The van der Waals surface area contributed by atoms with Gasteiger partial charge in [0.15, 0.2) is 0 Å². The van der Waals surface area contributed by atoms with Gasteiger partial charge in [-0.1, -0.05) is 18.2 Å². The average molecular weight is 278 g/mol. The van der Waals surface area contributed by atoms with E-state index in [4.69, 9.17) is 10.5 Å². The second kappa shape index (κ2) is 5.14. The maximum Gasteiger partial charge on any atom is 0.249 e. The van der Waals surface area contributed by atoms with Crippen LogP contribution in [0.25, 0.3) is 0 Å². The molecule has 4 nitrogen and oxygen atoms in total. The first-order chi connectivity index (χ1) is 9.64. The van der Waals surface area contributed by atoms with Gasteiger partial charge in [0.2, 0.25) is 5.91 Å². The molecule has 1 heterocycles. The van der Waals surface area contributed by atoms with Crippen LogP contribution in [0.4, 0.5) is 4.39 Å². The highest BCUT2D eigenvalue weighted by atomic mass is 19.1. The molecule has 3 rings (SSSR count). The predicted octanol–water partition coefficient (Wildman–Crippen LogP) is 1.44. The van der Waals surface area contributed by atoms with E-state index < -0.39 is 11.6 Å². The first kappa shape index (κ1) is 13.5. The molecule has 0 bridgehead atoms. The Morgan fingerprint density at radius 1 is 1.40 bits per heavy atom. The SMILES string of the molecule is NC[C@H]1CC[C@@H](C(=O)NC2(c3ccccc3F)CC2)O1. The molecule has 0 aromatic heterocycles. The summed E-state index contributed by atoms with van der Waals surface area (Å²) < 4.78 is 19.5. The Bertz CT molecular complexity index is 516. The first-order valence-corrected chi connectivity index (χ1v) is 7.07. The van der Waals surface area contributed by atoms with Gasteiger partial charge in [0, 0.05) is 12.1 Å². The molecule has 0 spiro atoms. The summed E-state index contributed by atoms with van der Waals surface area (Å²) in [4.78, 5) is 12.2. The lowest BCUT2D eigenvalue weighted by Crippen LogP contribution is -2.42. The summed E-state index contributed by atoms with van der Waals surface area (Å²) in [6, 6.07) is 6.61. The van der Waals surface area contributed by atoms with Crippen molar-refractivity contribution in [1.29, 1.82) is 0 Å². The van der Waals surface area contributed by atoms with Gasteiger partial charge in [0.1, 0.15) is 11.9 Å². The number of nitrogens with one attached hydrogen (secondary N) is 1. The standard InChI is InChI=1S/C15H19FN2O2/c16-12-4-2-1-3-11(12)15(7-8-15)18-14(19)13-6-5-10(9-17)20-13/h1-4,10,13H,5-9,17H2,(H,18,19)/t10-,13+/m1/s1. The molecule has 20 heavy (non-hydrogen) atoms. The number of nitrogens with two attached hydrogens (primary N) is 1. The minimum atomic E-state index is -0.535. The molecule has 1 amide bonds. The van der Waals surface area contributed by atoms with Crippen molar-refractivity contribution >= 4 is 5.91 Å². The average Bonchev–Trinajstić information content (AvgIpc) is 3.05. The van der Waals surface area contributed by atoms with Crippen LogP contribution < -0.4 is 11.1 Å². The van der Waals surface area contributed by atoms with Crippen LogP contribution in [-0.4, -0.2) is 24.7 Å². The molecule has 2 aliphatic rings. The maximum absolute atomic E-state index is 13.9. The summed E-state index contributed by atoms with van der Waals surface area (Å²) in [5.41, 5.74) is 5.58. The molecular formula is C15H19FN2O2. The van der Waals surface area contributed by atoms with E-state index in [1.54, 1.807) is 18.2 Å². The Kier molecular flexibility index (Phi) is 3.48. The lowest BCUT2D eigenvalue weighted by atomic mass is 10.0. The molecule has 108 valence electrons. The summed E-state index contributed by atoms with van der Waals surface area (Å²) in [5.74, 6) is -0.417. The fourth-order valence-corrected chi connectivity index (χ4v) is 2.82. The van der Waals surface area contributed by atoms with Crippen molar-refractivity contribution < 1.29 is 13.9 Å². The topological polar surface area (TPSA) is 64.4 Å². The lowest BCUT2D eigenvalue weighted by Gasteiger charge is -2.21. The highest BCUT2D eigenvalue weighted by Crippen LogP contribution is 2.46. The fraction of sp³-hybridized carbons (Fsp3) is 0.533. The van der Waals surface area contributed by atoms with Crippen molar-refractivity contribution in [3.05, 3.63) is 35.6 Å². The molecule has 1 aliphatic carbocycles. The van der Waals surface area contributed by atoms with Crippen molar-refractivity contribution in [2.45, 2.75) is 43.4 Å². The Hall–Kier alpha value is -1.46. The molecule has 2 fully saturated rings. The Morgan fingerprint density at radius 2 is 2.15 bits per heavy atom. The number of amides is 1. The second-order valence-corrected chi connectivity index (χ2v) is 5.61. The third-order valence-corrected chi connectivity index (χ3v) is 4.16. The first-order valence-electron chi connectivity index (χ1n) is 7.07. The third kappa shape index (κ3) is 2.43. The summed E-state index contributed by atoms with van der Waals surface area (Å²) in [6.07, 6.45) is 2.55. The molecule has 3 N–H and O–H groups in total. The van der Waals surface area contributed by atoms with Gasteiger partial charge in [-0.25, -0.2) is 4.39 Å². The molecule has 0 unspecified atom stereocenters. The normalized spacial score (nSPS) is 27.3. The molecule has 5 heteroatoms. The van der Waals surface area contributed by atoms with E-state index in [2.05, 4.69) is 5.32 Å². The fourth-order valence-electron chi connectivity index (χ4n) is 2.82. The monoisotopic (exact) mass is 278 g/mol. The second-order valence-electron chi connectivity index (χ2n) is 5.61. The molecule has 2 atom stereocenters. The van der Waals surface area contributed by atoms with Crippen LogP contribution in [0.2, 0.25) is 0 Å². The summed E-state index contributed by atoms with van der Waals surface area (Å²) in [7, 11) is 0. The van der Waals surface area contributed by atoms with E-state index in [0.717, 1.165) is 19.3 Å². The van der Waals surface area contributed by atoms with Crippen LogP contribution in [0.1, 0.15) is 31.2 Å². The molecule has 1 saturated heterocycles. The number of hydrogen-bond acceptors (Lipinski definition) is 3. The van der Waals surface area contributed by atoms with E-state index in [9.17, 15) is 9.18 Å². The Labute approximate surface area is 117 Å². The molecular weight excluding hydrogens is 259 g/mol. The molecule has 1 aromatic carbocycles. The number of carbonyl (C=O) groups is 1. The summed E-state index contributed by atoms with van der Waals surface area (Å²) >= 11 is 0. The van der Waals surface area contributed by atoms with Gasteiger partial charge in [-0.2, -0.15) is 0 Å². The number of hydrogen-bond donors (Lipinski definition) is 2. The van der Waals surface area contributed by atoms with Gasteiger partial charge in [0.05, 0.1) is 11.6 Å². The predicted molar refractivity (Wildman–Crippen MR) is 72.4 cm³/mol. The highest BCUT2D eigenvalue weighted by Gasteiger charge is 2.48. The quantitative estimate of drug-likeness (QED) is 0.876. The van der Waals surface area contributed by atoms with E-state index >= 15 is 0 Å². The number of ether oxygens (including phenoxy) is 1. The summed E-state index contributed by atoms with van der Waals surface area (Å²) in [5, 5.41) is 2.97. The largest absolute Gasteiger partial charge is 0.364 e. The Balaban J connectivity index is 1.69. The molecule has 1 saturated carbocycles. The zero-order valence-corrected chi connectivity index (χ0v) is 11.3. The van der Waals surface area contributed by atoms with E-state index in [-0.39, 0.29) is 17.8 Å². The van der Waals surface area contributed by atoms with Crippen LogP contribution in [0.5, 0.6) is 0 Å². The van der Waals surface area contributed by atoms with Gasteiger partial charge in [-0.15, -0.1) is 0 Å². The zero-order chi connectivity index (χ0) is 14.2. The van der Waals surface area contributed by atoms with Crippen LogP contribution in [0, 0.1) is 5.82 Å². The third-order valence-electron chi connectivity index (χ3n) is 4.16. The van der Waals surface area contributed by atoms with Crippen molar-refractivity contribution in [2.75, 3.05) is 6.54 Å². The Morgan fingerprint density at radius 3 is 2.75 bits per heavy atom. The van der Waals surface area contributed by atoms with Gasteiger partial charge < -0.3 is 15.8 Å². The van der Waals surface area contributed by atoms with E-state index in [1.807, 2.05) is 0 Å². The van der Waals surface area contributed by atoms with Gasteiger partial charge in [0.25, 0.3) is 0 Å². The van der Waals surface area contributed by atoms with Crippen LogP contribution in [0.15, 0.2) is 24.3 Å². The minimum Gasteiger partial charge on any atom is -0.364 e. The number of halogens is 1. The van der Waals surface area contributed by atoms with Crippen LogP contribution in [-0.2, 0) is 15.1 Å². The smallest absolute Gasteiger partial charge is 0.249 e. The van der Waals surface area contributed by atoms with Crippen molar-refractivity contribution in [1.82, 2.24) is 5.32 Å². The molecule has 1 aromatic rings. The number of carbonyl (C=O) groups excluding carboxylic acids is 1. The zero-order valence-electron chi connectivity index (χ0n) is 11.3. The van der Waals surface area contributed by atoms with E-state index in [0.29, 0.717) is 18.5 Å². The maximum atomic E-state index is 13.9. The lowest BCUT2D eigenvalue weighted by molar-refractivity contribution is -0.133. The van der Waals surface area contributed by atoms with Crippen molar-refractivity contribution in [3.8, 4) is 0 Å². The molecule has 0 radical (unpaired) electrons. The number of rotatable bonds is 4. The van der Waals surface area contributed by atoms with Crippen LogP contribution in [0.3, 0.4) is 0 Å². The summed E-state index contributed by atoms with van der Waals surface area (Å²) in [6.45, 7) is 0.433. The number of benzene rings is 1. The van der Waals surface area contributed by atoms with E-state index in [1.165, 1.54) is 6.07 Å². The molecule has 1 aliphatic heterocycles. The minimum absolute atomic E-state index is 0.0330. The van der Waals surface area contributed by atoms with Gasteiger partial charge >= 0.3 is 0 Å².